The lowest BCUT2D eigenvalue weighted by molar-refractivity contribution is 0.213. The minimum absolute atomic E-state index is 0.224. The number of hydrogen-bond donors (Lipinski definition) is 2. The van der Waals surface area contributed by atoms with Gasteiger partial charge in [-0.2, -0.15) is 0 Å². The van der Waals surface area contributed by atoms with Gasteiger partial charge in [-0.25, -0.2) is 0 Å². The first-order valence-electron chi connectivity index (χ1n) is 8.39. The number of nitrogens with zero attached hydrogens (tertiary/aromatic N) is 4. The highest BCUT2D eigenvalue weighted by atomic mass is 16.6. The van der Waals surface area contributed by atoms with Gasteiger partial charge in [0, 0.05) is 34.6 Å². The lowest BCUT2D eigenvalue weighted by Gasteiger charge is -2.06. The predicted molar refractivity (Wildman–Crippen MR) is 108 cm³/mol. The van der Waals surface area contributed by atoms with Crippen molar-refractivity contribution in [3.05, 3.63) is 72.2 Å². The van der Waals surface area contributed by atoms with Crippen molar-refractivity contribution in [2.45, 2.75) is 0 Å². The van der Waals surface area contributed by atoms with Gasteiger partial charge in [-0.05, 0) is 12.1 Å². The Kier molecular flexibility index (Phi) is 5.81. The molecule has 0 bridgehead atoms. The van der Waals surface area contributed by atoms with Crippen molar-refractivity contribution in [1.29, 1.82) is 0 Å². The van der Waals surface area contributed by atoms with Crippen LogP contribution in [0.5, 0.6) is 0 Å². The molecule has 142 valence electrons. The van der Waals surface area contributed by atoms with Crippen LogP contribution in [0.2, 0.25) is 0 Å². The van der Waals surface area contributed by atoms with Gasteiger partial charge in [0.05, 0.1) is 5.69 Å². The Labute approximate surface area is 162 Å². The molecule has 2 aromatic heterocycles. The van der Waals surface area contributed by atoms with Crippen molar-refractivity contribution in [2.75, 3.05) is 14.2 Å². The zero-order valence-electron chi connectivity index (χ0n) is 15.5. The van der Waals surface area contributed by atoms with Crippen LogP contribution < -0.4 is 11.5 Å². The lowest BCUT2D eigenvalue weighted by Crippen LogP contribution is -2.15. The maximum Gasteiger partial charge on any atom is 0.188 e. The van der Waals surface area contributed by atoms with E-state index in [1.807, 2.05) is 42.5 Å². The third-order valence-electron chi connectivity index (χ3n) is 3.98. The molecule has 28 heavy (non-hydrogen) atoms. The molecule has 2 heterocycles. The summed E-state index contributed by atoms with van der Waals surface area (Å²) in [5.74, 6) is 0.548. The number of amidine groups is 2. The van der Waals surface area contributed by atoms with E-state index in [0.717, 1.165) is 27.9 Å². The second-order valence-electron chi connectivity index (χ2n) is 5.76. The Bertz CT molecular complexity index is 898. The summed E-state index contributed by atoms with van der Waals surface area (Å²) < 4.78 is 0. The van der Waals surface area contributed by atoms with Crippen molar-refractivity contribution in [3.8, 4) is 22.4 Å². The quantitative estimate of drug-likeness (QED) is 0.387. The predicted octanol–water partition coefficient (Wildman–Crippen LogP) is 2.34. The van der Waals surface area contributed by atoms with Gasteiger partial charge >= 0.3 is 0 Å². The molecule has 0 aliphatic heterocycles. The number of nitrogens with two attached hydrogens (primary N) is 2. The highest BCUT2D eigenvalue weighted by molar-refractivity contribution is 5.97. The Hall–Kier alpha value is -3.94. The first-order valence-corrected chi connectivity index (χ1v) is 8.39. The Morgan fingerprint density at radius 2 is 1.29 bits per heavy atom. The van der Waals surface area contributed by atoms with Gasteiger partial charge in [0.1, 0.15) is 19.9 Å². The molecule has 8 nitrogen and oxygen atoms in total. The molecule has 3 rings (SSSR count). The summed E-state index contributed by atoms with van der Waals surface area (Å²) in [6.45, 7) is 0. The minimum atomic E-state index is 0.224. The summed E-state index contributed by atoms with van der Waals surface area (Å²) in [5, 5.41) is 7.39. The molecule has 0 radical (unpaired) electrons. The summed E-state index contributed by atoms with van der Waals surface area (Å²) in [6, 6.07) is 15.2. The van der Waals surface area contributed by atoms with E-state index in [2.05, 4.69) is 30.0 Å². The molecule has 0 unspecified atom stereocenters. The molecule has 0 saturated carbocycles. The van der Waals surface area contributed by atoms with Gasteiger partial charge in [-0.3, -0.25) is 9.97 Å². The van der Waals surface area contributed by atoms with E-state index in [1.54, 1.807) is 18.5 Å². The monoisotopic (exact) mass is 376 g/mol. The largest absolute Gasteiger partial charge is 0.397 e. The smallest absolute Gasteiger partial charge is 0.188 e. The molecule has 0 saturated heterocycles. The Balaban J connectivity index is 1.78. The first-order chi connectivity index (χ1) is 13.6. The molecule has 0 aliphatic carbocycles. The van der Waals surface area contributed by atoms with Crippen molar-refractivity contribution < 1.29 is 9.68 Å². The minimum Gasteiger partial charge on any atom is -0.397 e. The Morgan fingerprint density at radius 1 is 0.714 bits per heavy atom. The normalized spacial score (nSPS) is 11.9. The van der Waals surface area contributed by atoms with E-state index in [4.69, 9.17) is 11.5 Å². The van der Waals surface area contributed by atoms with E-state index in [-0.39, 0.29) is 5.84 Å². The molecule has 4 N–H and O–H groups in total. The molecule has 0 spiro atoms. The highest BCUT2D eigenvalue weighted by Crippen LogP contribution is 2.22. The van der Waals surface area contributed by atoms with E-state index in [1.165, 1.54) is 14.2 Å². The van der Waals surface area contributed by atoms with Gasteiger partial charge in [-0.1, -0.05) is 46.7 Å². The van der Waals surface area contributed by atoms with Crippen molar-refractivity contribution in [2.24, 2.45) is 21.8 Å². The fourth-order valence-corrected chi connectivity index (χ4v) is 2.56. The number of pyridine rings is 2. The number of benzene rings is 1. The molecule has 0 aliphatic rings. The molecule has 0 atom stereocenters. The van der Waals surface area contributed by atoms with E-state index in [0.29, 0.717) is 11.5 Å². The topological polar surface area (TPSA) is 121 Å². The molecule has 0 amide bonds. The van der Waals surface area contributed by atoms with Crippen LogP contribution in [0.4, 0.5) is 0 Å². The number of aromatic nitrogens is 2. The second-order valence-corrected chi connectivity index (χ2v) is 5.76. The summed E-state index contributed by atoms with van der Waals surface area (Å²) >= 11 is 0. The van der Waals surface area contributed by atoms with Crippen LogP contribution in [-0.4, -0.2) is 35.9 Å². The molecular formula is C20H20N6O2. The number of oxime groups is 2. The van der Waals surface area contributed by atoms with E-state index >= 15 is 0 Å². The summed E-state index contributed by atoms with van der Waals surface area (Å²) in [5.41, 5.74) is 16.6. The fraction of sp³-hybridized carbons (Fsp3) is 0.100. The van der Waals surface area contributed by atoms with Gasteiger partial charge in [-0.15, -0.1) is 0 Å². The van der Waals surface area contributed by atoms with Crippen LogP contribution in [0, 0.1) is 0 Å². The molecule has 3 aromatic rings. The second kappa shape index (κ2) is 8.63. The summed E-state index contributed by atoms with van der Waals surface area (Å²) in [7, 11) is 2.89. The summed E-state index contributed by atoms with van der Waals surface area (Å²) in [4.78, 5) is 18.2. The van der Waals surface area contributed by atoms with Gasteiger partial charge in [0.25, 0.3) is 0 Å². The van der Waals surface area contributed by atoms with Crippen LogP contribution in [0.3, 0.4) is 0 Å². The maximum absolute atomic E-state index is 5.81. The lowest BCUT2D eigenvalue weighted by atomic mass is 10.1. The fourth-order valence-electron chi connectivity index (χ4n) is 2.56. The van der Waals surface area contributed by atoms with Crippen LogP contribution in [0.1, 0.15) is 11.3 Å². The average molecular weight is 376 g/mol. The first kappa shape index (κ1) is 18.8. The zero-order chi connectivity index (χ0) is 19.9. The molecule has 0 fully saturated rings. The van der Waals surface area contributed by atoms with E-state index < -0.39 is 0 Å². The molecule has 8 heteroatoms. The number of hydrogen-bond acceptors (Lipinski definition) is 6. The standard InChI is InChI=1S/C20H20N6O2/c1-27-25-19(21)14-5-3-13(4-6-14)17-9-7-15(11-23-17)16-8-10-18(24-12-16)20(22)26-28-2/h3-12H,1-2H3,(H2,21,25)(H2,22,26). The summed E-state index contributed by atoms with van der Waals surface area (Å²) in [6.07, 6.45) is 3.52. The maximum atomic E-state index is 5.81. The van der Waals surface area contributed by atoms with Crippen molar-refractivity contribution >= 4 is 11.7 Å². The van der Waals surface area contributed by atoms with E-state index in [9.17, 15) is 0 Å². The average Bonchev–Trinajstić information content (AvgIpc) is 2.74. The Morgan fingerprint density at radius 3 is 1.82 bits per heavy atom. The zero-order valence-corrected chi connectivity index (χ0v) is 15.5. The third kappa shape index (κ3) is 4.24. The van der Waals surface area contributed by atoms with Crippen LogP contribution in [-0.2, 0) is 9.68 Å². The highest BCUT2D eigenvalue weighted by Gasteiger charge is 2.06. The van der Waals surface area contributed by atoms with Crippen LogP contribution >= 0.6 is 0 Å². The van der Waals surface area contributed by atoms with Gasteiger partial charge in [0.2, 0.25) is 0 Å². The SMILES string of the molecule is CON=C(N)c1ccc(-c2ccc(-c3ccc(/C(N)=N\OC)nc3)cn2)cc1. The van der Waals surface area contributed by atoms with Crippen LogP contribution in [0.15, 0.2) is 71.2 Å². The van der Waals surface area contributed by atoms with Crippen LogP contribution in [0.25, 0.3) is 22.4 Å². The molecular weight excluding hydrogens is 356 g/mol. The van der Waals surface area contributed by atoms with Crippen molar-refractivity contribution in [3.63, 3.8) is 0 Å². The molecule has 1 aromatic carbocycles. The third-order valence-corrected chi connectivity index (χ3v) is 3.98. The van der Waals surface area contributed by atoms with Gasteiger partial charge in [0.15, 0.2) is 11.7 Å². The number of rotatable bonds is 6. The van der Waals surface area contributed by atoms with Gasteiger partial charge < -0.3 is 21.1 Å². The van der Waals surface area contributed by atoms with Crippen molar-refractivity contribution in [1.82, 2.24) is 9.97 Å².